The predicted octanol–water partition coefficient (Wildman–Crippen LogP) is 1.45. The second-order valence-corrected chi connectivity index (χ2v) is 5.97. The molecule has 25 heavy (non-hydrogen) atoms. The molecule has 134 valence electrons. The third-order valence-corrected chi connectivity index (χ3v) is 4.18. The van der Waals surface area contributed by atoms with Crippen LogP contribution in [-0.4, -0.2) is 70.3 Å². The molecule has 2 aromatic carbocycles. The fourth-order valence-corrected chi connectivity index (χ4v) is 2.72. The van der Waals surface area contributed by atoms with E-state index < -0.39 is 11.9 Å². The predicted molar refractivity (Wildman–Crippen MR) is 93.7 cm³/mol. The van der Waals surface area contributed by atoms with Gasteiger partial charge in [0.2, 0.25) is 0 Å². The number of fused-ring (bicyclic) bond motifs is 1. The standard InChI is InChI=1S/C16H20N2O.C2H2O4/c1-17-8-10-18(11-9-17)12-15-14-5-3-2-4-13(14)6-7-16(15)19;3-1(4)2(5)6/h2-7,19H,8-12H2,1H3;(H,3,4)(H,5,6). The van der Waals surface area contributed by atoms with Gasteiger partial charge in [0.1, 0.15) is 5.75 Å². The van der Waals surface area contributed by atoms with Crippen LogP contribution in [0.25, 0.3) is 10.8 Å². The molecule has 1 aliphatic heterocycles. The lowest BCUT2D eigenvalue weighted by molar-refractivity contribution is -0.159. The van der Waals surface area contributed by atoms with Gasteiger partial charge >= 0.3 is 11.9 Å². The maximum absolute atomic E-state index is 10.2. The minimum Gasteiger partial charge on any atom is -0.508 e. The second-order valence-electron chi connectivity index (χ2n) is 5.97. The molecule has 3 N–H and O–H groups in total. The maximum atomic E-state index is 10.2. The number of nitrogens with zero attached hydrogens (tertiary/aromatic N) is 2. The van der Waals surface area contributed by atoms with Gasteiger partial charge < -0.3 is 20.2 Å². The van der Waals surface area contributed by atoms with Gasteiger partial charge in [-0.3, -0.25) is 4.90 Å². The lowest BCUT2D eigenvalue weighted by Gasteiger charge is -2.32. The molecule has 1 fully saturated rings. The summed E-state index contributed by atoms with van der Waals surface area (Å²) < 4.78 is 0. The smallest absolute Gasteiger partial charge is 0.414 e. The van der Waals surface area contributed by atoms with Gasteiger partial charge in [-0.1, -0.05) is 30.3 Å². The zero-order valence-corrected chi connectivity index (χ0v) is 14.1. The summed E-state index contributed by atoms with van der Waals surface area (Å²) in [6.45, 7) is 5.18. The molecule has 0 spiro atoms. The van der Waals surface area contributed by atoms with Crippen molar-refractivity contribution in [1.82, 2.24) is 9.80 Å². The highest BCUT2D eigenvalue weighted by atomic mass is 16.4. The van der Waals surface area contributed by atoms with Gasteiger partial charge in [0.05, 0.1) is 0 Å². The van der Waals surface area contributed by atoms with Crippen LogP contribution in [-0.2, 0) is 16.1 Å². The van der Waals surface area contributed by atoms with Gasteiger partial charge in [-0.2, -0.15) is 0 Å². The van der Waals surface area contributed by atoms with Crippen LogP contribution in [0, 0.1) is 0 Å². The third-order valence-electron chi connectivity index (χ3n) is 4.18. The van der Waals surface area contributed by atoms with Gasteiger partial charge in [0, 0.05) is 38.3 Å². The molecule has 7 heteroatoms. The first-order valence-electron chi connectivity index (χ1n) is 7.95. The summed E-state index contributed by atoms with van der Waals surface area (Å²) in [5, 5.41) is 27.3. The van der Waals surface area contributed by atoms with Crippen LogP contribution in [0.1, 0.15) is 5.56 Å². The molecule has 0 atom stereocenters. The van der Waals surface area contributed by atoms with Crippen LogP contribution in [0.15, 0.2) is 36.4 Å². The fraction of sp³-hybridized carbons (Fsp3) is 0.333. The third kappa shape index (κ3) is 5.17. The lowest BCUT2D eigenvalue weighted by Crippen LogP contribution is -2.43. The summed E-state index contributed by atoms with van der Waals surface area (Å²) in [4.78, 5) is 23.0. The van der Waals surface area contributed by atoms with E-state index in [4.69, 9.17) is 19.8 Å². The molecule has 3 rings (SSSR count). The molecular weight excluding hydrogens is 324 g/mol. The van der Waals surface area contributed by atoms with E-state index >= 15 is 0 Å². The number of phenols is 1. The first-order valence-corrected chi connectivity index (χ1v) is 7.95. The normalized spacial score (nSPS) is 15.4. The Morgan fingerprint density at radius 2 is 1.56 bits per heavy atom. The summed E-state index contributed by atoms with van der Waals surface area (Å²) in [5.74, 6) is -3.23. The van der Waals surface area contributed by atoms with Crippen LogP contribution in [0.2, 0.25) is 0 Å². The van der Waals surface area contributed by atoms with Gasteiger partial charge in [0.25, 0.3) is 0 Å². The van der Waals surface area contributed by atoms with E-state index in [2.05, 4.69) is 29.0 Å². The molecule has 0 amide bonds. The van der Waals surface area contributed by atoms with E-state index in [1.807, 2.05) is 24.3 Å². The number of carboxylic acids is 2. The Morgan fingerprint density at radius 3 is 2.16 bits per heavy atom. The minimum atomic E-state index is -1.82. The Bertz CT molecular complexity index is 742. The number of hydrogen-bond donors (Lipinski definition) is 3. The molecule has 1 heterocycles. The van der Waals surface area contributed by atoms with Crippen molar-refractivity contribution >= 4 is 22.7 Å². The first-order chi connectivity index (χ1) is 11.9. The summed E-state index contributed by atoms with van der Waals surface area (Å²) in [7, 11) is 2.16. The number of aromatic hydroxyl groups is 1. The van der Waals surface area contributed by atoms with Crippen molar-refractivity contribution in [2.24, 2.45) is 0 Å². The highest BCUT2D eigenvalue weighted by Crippen LogP contribution is 2.28. The van der Waals surface area contributed by atoms with Crippen molar-refractivity contribution < 1.29 is 24.9 Å². The Kier molecular flexibility index (Phi) is 6.32. The topological polar surface area (TPSA) is 101 Å². The lowest BCUT2D eigenvalue weighted by atomic mass is 10.0. The summed E-state index contributed by atoms with van der Waals surface area (Å²) in [6, 6.07) is 12.1. The molecule has 0 unspecified atom stereocenters. The van der Waals surface area contributed by atoms with Gasteiger partial charge in [-0.25, -0.2) is 9.59 Å². The van der Waals surface area contributed by atoms with Crippen LogP contribution in [0.3, 0.4) is 0 Å². The van der Waals surface area contributed by atoms with E-state index in [0.29, 0.717) is 5.75 Å². The average molecular weight is 346 g/mol. The Hall–Kier alpha value is -2.64. The van der Waals surface area contributed by atoms with Gasteiger partial charge in [0.15, 0.2) is 0 Å². The Labute approximate surface area is 145 Å². The van der Waals surface area contributed by atoms with E-state index in [-0.39, 0.29) is 0 Å². The summed E-state index contributed by atoms with van der Waals surface area (Å²) in [5.41, 5.74) is 1.06. The van der Waals surface area contributed by atoms with E-state index in [9.17, 15) is 5.11 Å². The highest BCUT2D eigenvalue weighted by Gasteiger charge is 2.16. The molecule has 0 aromatic heterocycles. The molecule has 2 aromatic rings. The van der Waals surface area contributed by atoms with Crippen LogP contribution >= 0.6 is 0 Å². The van der Waals surface area contributed by atoms with E-state index in [1.54, 1.807) is 0 Å². The van der Waals surface area contributed by atoms with Crippen molar-refractivity contribution in [2.75, 3.05) is 33.2 Å². The highest BCUT2D eigenvalue weighted by molar-refractivity contribution is 6.27. The van der Waals surface area contributed by atoms with Gasteiger partial charge in [-0.05, 0) is 23.9 Å². The summed E-state index contributed by atoms with van der Waals surface area (Å²) >= 11 is 0. The number of carboxylic acid groups (broad SMARTS) is 2. The number of phenolic OH excluding ortho intramolecular Hbond substituents is 1. The zero-order chi connectivity index (χ0) is 18.4. The molecule has 7 nitrogen and oxygen atoms in total. The van der Waals surface area contributed by atoms with E-state index in [0.717, 1.165) is 38.3 Å². The molecule has 0 radical (unpaired) electrons. The molecule has 1 aliphatic rings. The second kappa shape index (κ2) is 8.46. The minimum absolute atomic E-state index is 0.414. The average Bonchev–Trinajstić information content (AvgIpc) is 2.59. The van der Waals surface area contributed by atoms with Crippen LogP contribution in [0.5, 0.6) is 5.75 Å². The molecule has 1 saturated heterocycles. The van der Waals surface area contributed by atoms with Crippen LogP contribution in [0.4, 0.5) is 0 Å². The number of hydrogen-bond acceptors (Lipinski definition) is 5. The number of likely N-dealkylation sites (N-methyl/N-ethyl adjacent to an activating group) is 1. The SMILES string of the molecule is CN1CCN(Cc2c(O)ccc3ccccc23)CC1.O=C(O)C(=O)O. The maximum Gasteiger partial charge on any atom is 0.414 e. The first kappa shape index (κ1) is 18.7. The molecule has 0 bridgehead atoms. The monoisotopic (exact) mass is 346 g/mol. The van der Waals surface area contributed by atoms with E-state index in [1.165, 1.54) is 10.8 Å². The van der Waals surface area contributed by atoms with Crippen molar-refractivity contribution in [3.8, 4) is 5.75 Å². The largest absolute Gasteiger partial charge is 0.508 e. The number of carbonyl (C=O) groups is 2. The molecular formula is C18H22N2O5. The Morgan fingerprint density at radius 1 is 0.960 bits per heavy atom. The quantitative estimate of drug-likeness (QED) is 0.708. The zero-order valence-electron chi connectivity index (χ0n) is 14.1. The number of aliphatic carboxylic acids is 2. The van der Waals surface area contributed by atoms with Crippen molar-refractivity contribution in [2.45, 2.75) is 6.54 Å². The molecule has 0 saturated carbocycles. The summed E-state index contributed by atoms with van der Waals surface area (Å²) in [6.07, 6.45) is 0. The number of piperazine rings is 1. The van der Waals surface area contributed by atoms with Gasteiger partial charge in [-0.15, -0.1) is 0 Å². The Balaban J connectivity index is 0.000000326. The van der Waals surface area contributed by atoms with Crippen molar-refractivity contribution in [3.63, 3.8) is 0 Å². The fourth-order valence-electron chi connectivity index (χ4n) is 2.72. The van der Waals surface area contributed by atoms with Crippen molar-refractivity contribution in [1.29, 1.82) is 0 Å². The van der Waals surface area contributed by atoms with Crippen molar-refractivity contribution in [3.05, 3.63) is 42.0 Å². The number of benzene rings is 2. The van der Waals surface area contributed by atoms with Crippen LogP contribution < -0.4 is 0 Å². The number of rotatable bonds is 2. The molecule has 0 aliphatic carbocycles.